The third-order valence-electron chi connectivity index (χ3n) is 2.50. The maximum atomic E-state index is 12.2. The van der Waals surface area contributed by atoms with Crippen molar-refractivity contribution in [1.82, 2.24) is 10.2 Å². The van der Waals surface area contributed by atoms with Gasteiger partial charge in [-0.3, -0.25) is 4.79 Å². The van der Waals surface area contributed by atoms with E-state index in [2.05, 4.69) is 33.0 Å². The van der Waals surface area contributed by atoms with Gasteiger partial charge in [0.1, 0.15) is 0 Å². The van der Waals surface area contributed by atoms with Crippen LogP contribution in [0.25, 0.3) is 0 Å². The fraction of sp³-hybridized carbons (Fsp3) is 0.857. The van der Waals surface area contributed by atoms with E-state index >= 15 is 0 Å². The van der Waals surface area contributed by atoms with Gasteiger partial charge in [-0.15, -0.1) is 0 Å². The van der Waals surface area contributed by atoms with Crippen molar-refractivity contribution >= 4 is 12.0 Å². The van der Waals surface area contributed by atoms with Crippen LogP contribution < -0.4 is 5.32 Å². The van der Waals surface area contributed by atoms with Gasteiger partial charge in [-0.2, -0.15) is 0 Å². The van der Waals surface area contributed by atoms with E-state index in [1.165, 1.54) is 0 Å². The molecule has 0 fully saturated rings. The van der Waals surface area contributed by atoms with Crippen molar-refractivity contribution in [3.63, 3.8) is 0 Å². The summed E-state index contributed by atoms with van der Waals surface area (Å²) in [6.45, 7) is 13.0. The van der Waals surface area contributed by atoms with Gasteiger partial charge in [0.15, 0.2) is 0 Å². The third-order valence-corrected chi connectivity index (χ3v) is 2.50. The zero-order valence-corrected chi connectivity index (χ0v) is 13.0. The molecule has 0 aliphatic heterocycles. The highest BCUT2D eigenvalue weighted by atomic mass is 16.4. The summed E-state index contributed by atoms with van der Waals surface area (Å²) in [6, 6.07) is -0.186. The number of hydrogen-bond acceptors (Lipinski definition) is 2. The van der Waals surface area contributed by atoms with E-state index in [-0.39, 0.29) is 12.5 Å². The summed E-state index contributed by atoms with van der Waals surface area (Å²) in [5.74, 6) is -0.149. The number of carboxylic acids is 1. The van der Waals surface area contributed by atoms with Crippen molar-refractivity contribution in [3.05, 3.63) is 0 Å². The Labute approximate surface area is 116 Å². The Morgan fingerprint density at radius 3 is 1.84 bits per heavy atom. The normalized spacial score (nSPS) is 11.8. The second-order valence-electron chi connectivity index (χ2n) is 6.58. The Balaban J connectivity index is 4.66. The van der Waals surface area contributed by atoms with Crippen LogP contribution in [0.3, 0.4) is 0 Å². The lowest BCUT2D eigenvalue weighted by atomic mass is 10.0. The highest BCUT2D eigenvalue weighted by Crippen LogP contribution is 2.11. The number of hydrogen-bond donors (Lipinski definition) is 2. The highest BCUT2D eigenvalue weighted by molar-refractivity contribution is 5.76. The first-order valence-electron chi connectivity index (χ1n) is 6.82. The standard InChI is InChI=1S/C14H28N2O3/c1-10(2)8-16(9-11(3)4)13(19)15-14(5,6)7-12(17)18/h10-11H,7-9H2,1-6H3,(H,15,19)(H,17,18). The van der Waals surface area contributed by atoms with Crippen molar-refractivity contribution in [1.29, 1.82) is 0 Å². The number of urea groups is 1. The summed E-state index contributed by atoms with van der Waals surface area (Å²) in [7, 11) is 0. The predicted molar refractivity (Wildman–Crippen MR) is 76.1 cm³/mol. The Kier molecular flexibility index (Phi) is 6.87. The molecule has 0 saturated carbocycles. The second-order valence-corrected chi connectivity index (χ2v) is 6.58. The van der Waals surface area contributed by atoms with Crippen molar-refractivity contribution in [2.24, 2.45) is 11.8 Å². The van der Waals surface area contributed by atoms with E-state index in [9.17, 15) is 9.59 Å². The van der Waals surface area contributed by atoms with E-state index in [0.29, 0.717) is 24.9 Å². The van der Waals surface area contributed by atoms with Gasteiger partial charge < -0.3 is 15.3 Å². The molecule has 0 radical (unpaired) electrons. The molecule has 0 aromatic heterocycles. The first kappa shape index (κ1) is 17.7. The molecule has 0 spiro atoms. The van der Waals surface area contributed by atoms with Gasteiger partial charge in [-0.05, 0) is 25.7 Å². The first-order chi connectivity index (χ1) is 8.53. The third kappa shape index (κ3) is 8.46. The van der Waals surface area contributed by atoms with E-state index in [1.54, 1.807) is 18.7 Å². The molecule has 0 unspecified atom stereocenters. The number of nitrogens with one attached hydrogen (secondary N) is 1. The Morgan fingerprint density at radius 2 is 1.53 bits per heavy atom. The Morgan fingerprint density at radius 1 is 1.11 bits per heavy atom. The van der Waals surface area contributed by atoms with Crippen molar-refractivity contribution < 1.29 is 14.7 Å². The van der Waals surface area contributed by atoms with Crippen LogP contribution in [0.15, 0.2) is 0 Å². The SMILES string of the molecule is CC(C)CN(CC(C)C)C(=O)NC(C)(C)CC(=O)O. The first-order valence-corrected chi connectivity index (χ1v) is 6.82. The average Bonchev–Trinajstić information content (AvgIpc) is 2.11. The predicted octanol–water partition coefficient (Wildman–Crippen LogP) is 2.56. The fourth-order valence-electron chi connectivity index (χ4n) is 1.91. The minimum Gasteiger partial charge on any atom is -0.481 e. The van der Waals surface area contributed by atoms with Gasteiger partial charge in [-0.1, -0.05) is 27.7 Å². The van der Waals surface area contributed by atoms with Crippen LogP contribution >= 0.6 is 0 Å². The van der Waals surface area contributed by atoms with Crippen LogP contribution in [-0.2, 0) is 4.79 Å². The van der Waals surface area contributed by atoms with Gasteiger partial charge in [0.25, 0.3) is 0 Å². The number of carboxylic acid groups (broad SMARTS) is 1. The van der Waals surface area contributed by atoms with Gasteiger partial charge >= 0.3 is 12.0 Å². The number of carbonyl (C=O) groups excluding carboxylic acids is 1. The van der Waals surface area contributed by atoms with Crippen molar-refractivity contribution in [3.8, 4) is 0 Å². The lowest BCUT2D eigenvalue weighted by molar-refractivity contribution is -0.138. The molecule has 0 aromatic rings. The van der Waals surface area contributed by atoms with Gasteiger partial charge in [0.2, 0.25) is 0 Å². The molecule has 0 rings (SSSR count). The summed E-state index contributed by atoms with van der Waals surface area (Å²) in [5.41, 5.74) is -0.741. The van der Waals surface area contributed by atoms with E-state index < -0.39 is 11.5 Å². The number of amides is 2. The molecule has 0 heterocycles. The Hall–Kier alpha value is -1.26. The number of aliphatic carboxylic acids is 1. The topological polar surface area (TPSA) is 69.6 Å². The van der Waals surface area contributed by atoms with Gasteiger partial charge in [0.05, 0.1) is 6.42 Å². The molecule has 5 heteroatoms. The van der Waals surface area contributed by atoms with Crippen LogP contribution in [0.1, 0.15) is 48.0 Å². The zero-order chi connectivity index (χ0) is 15.2. The maximum absolute atomic E-state index is 12.2. The van der Waals surface area contributed by atoms with Crippen LogP contribution in [0, 0.1) is 11.8 Å². The lowest BCUT2D eigenvalue weighted by Gasteiger charge is -2.32. The summed E-state index contributed by atoms with van der Waals surface area (Å²) in [4.78, 5) is 24.8. The molecule has 2 N–H and O–H groups in total. The lowest BCUT2D eigenvalue weighted by Crippen LogP contribution is -2.52. The molecule has 0 saturated heterocycles. The minimum atomic E-state index is -0.912. The minimum absolute atomic E-state index is 0.0874. The van der Waals surface area contributed by atoms with Crippen LogP contribution in [0.4, 0.5) is 4.79 Å². The molecular formula is C14H28N2O3. The average molecular weight is 272 g/mol. The summed E-state index contributed by atoms with van der Waals surface area (Å²) >= 11 is 0. The van der Waals surface area contributed by atoms with Crippen molar-refractivity contribution in [2.45, 2.75) is 53.5 Å². The molecular weight excluding hydrogens is 244 g/mol. The number of rotatable bonds is 7. The highest BCUT2D eigenvalue weighted by Gasteiger charge is 2.26. The van der Waals surface area contributed by atoms with Crippen molar-refractivity contribution in [2.75, 3.05) is 13.1 Å². The number of carbonyl (C=O) groups is 2. The van der Waals surface area contributed by atoms with E-state index in [1.807, 2.05) is 0 Å². The molecule has 5 nitrogen and oxygen atoms in total. The molecule has 19 heavy (non-hydrogen) atoms. The van der Waals surface area contributed by atoms with Crippen LogP contribution in [0.5, 0.6) is 0 Å². The summed E-state index contributed by atoms with van der Waals surface area (Å²) in [5, 5.41) is 11.6. The van der Waals surface area contributed by atoms with Crippen LogP contribution in [-0.4, -0.2) is 40.6 Å². The number of nitrogens with zero attached hydrogens (tertiary/aromatic N) is 1. The van der Waals surface area contributed by atoms with Crippen LogP contribution in [0.2, 0.25) is 0 Å². The van der Waals surface area contributed by atoms with E-state index in [4.69, 9.17) is 5.11 Å². The molecule has 0 bridgehead atoms. The Bertz CT molecular complexity index is 302. The fourth-order valence-corrected chi connectivity index (χ4v) is 1.91. The second kappa shape index (κ2) is 7.36. The molecule has 0 aromatic carbocycles. The van der Waals surface area contributed by atoms with Gasteiger partial charge in [-0.25, -0.2) is 4.79 Å². The zero-order valence-electron chi connectivity index (χ0n) is 13.0. The van der Waals surface area contributed by atoms with Gasteiger partial charge in [0, 0.05) is 18.6 Å². The monoisotopic (exact) mass is 272 g/mol. The molecule has 0 aliphatic carbocycles. The maximum Gasteiger partial charge on any atom is 0.317 e. The molecule has 2 amide bonds. The summed E-state index contributed by atoms with van der Waals surface area (Å²) in [6.07, 6.45) is -0.0874. The van der Waals surface area contributed by atoms with E-state index in [0.717, 1.165) is 0 Å². The smallest absolute Gasteiger partial charge is 0.317 e. The molecule has 112 valence electrons. The molecule has 0 atom stereocenters. The quantitative estimate of drug-likeness (QED) is 0.748. The molecule has 0 aliphatic rings. The largest absolute Gasteiger partial charge is 0.481 e. The summed E-state index contributed by atoms with van der Waals surface area (Å²) < 4.78 is 0.